The predicted octanol–water partition coefficient (Wildman–Crippen LogP) is 3.54. The molecule has 1 aliphatic carbocycles. The van der Waals surface area contributed by atoms with Gasteiger partial charge in [0.15, 0.2) is 0 Å². The maximum absolute atomic E-state index is 12.4. The Morgan fingerprint density at radius 2 is 1.95 bits per heavy atom. The standard InChI is InChI=1S/C19H27NO2/c1-20-13-7-8-15(14-20)17-11-5-6-12-19(17,18(21)22)16-9-3-2-4-10-16/h2-4,9-10,15,17H,5-8,11-14H2,1H3,(H,21,22). The van der Waals surface area contributed by atoms with Gasteiger partial charge in [-0.25, -0.2) is 0 Å². The summed E-state index contributed by atoms with van der Waals surface area (Å²) in [6.45, 7) is 2.20. The minimum absolute atomic E-state index is 0.267. The normalized spacial score (nSPS) is 33.5. The zero-order valence-corrected chi connectivity index (χ0v) is 13.5. The number of piperidine rings is 1. The number of carboxylic acid groups (broad SMARTS) is 1. The summed E-state index contributed by atoms with van der Waals surface area (Å²) < 4.78 is 0. The van der Waals surface area contributed by atoms with Crippen LogP contribution in [0, 0.1) is 11.8 Å². The minimum atomic E-state index is -0.678. The van der Waals surface area contributed by atoms with Gasteiger partial charge in [-0.3, -0.25) is 4.79 Å². The Morgan fingerprint density at radius 3 is 2.64 bits per heavy atom. The number of hydrogen-bond acceptors (Lipinski definition) is 2. The molecule has 1 heterocycles. The van der Waals surface area contributed by atoms with E-state index in [1.165, 1.54) is 19.3 Å². The van der Waals surface area contributed by atoms with Gasteiger partial charge in [-0.05, 0) is 56.7 Å². The van der Waals surface area contributed by atoms with Crippen LogP contribution in [0.25, 0.3) is 0 Å². The molecular formula is C19H27NO2. The number of carbonyl (C=O) groups is 1. The number of likely N-dealkylation sites (tertiary alicyclic amines) is 1. The van der Waals surface area contributed by atoms with E-state index >= 15 is 0 Å². The topological polar surface area (TPSA) is 40.5 Å². The fourth-order valence-corrected chi connectivity index (χ4v) is 4.86. The molecule has 22 heavy (non-hydrogen) atoms. The molecule has 1 aliphatic heterocycles. The van der Waals surface area contributed by atoms with Crippen molar-refractivity contribution in [2.24, 2.45) is 11.8 Å². The van der Waals surface area contributed by atoms with Crippen molar-refractivity contribution in [1.82, 2.24) is 4.90 Å². The van der Waals surface area contributed by atoms with Crippen LogP contribution in [0.15, 0.2) is 30.3 Å². The Balaban J connectivity index is 1.99. The second-order valence-corrected chi connectivity index (χ2v) is 7.16. The second kappa shape index (κ2) is 6.41. The number of aliphatic carboxylic acids is 1. The van der Waals surface area contributed by atoms with Crippen LogP contribution in [0.2, 0.25) is 0 Å². The van der Waals surface area contributed by atoms with E-state index < -0.39 is 11.4 Å². The van der Waals surface area contributed by atoms with Crippen molar-refractivity contribution < 1.29 is 9.90 Å². The van der Waals surface area contributed by atoms with Gasteiger partial charge in [0.1, 0.15) is 0 Å². The average Bonchev–Trinajstić information content (AvgIpc) is 2.55. The average molecular weight is 301 g/mol. The third kappa shape index (κ3) is 2.67. The first-order chi connectivity index (χ1) is 10.6. The lowest BCUT2D eigenvalue weighted by atomic mass is 9.57. The molecule has 3 rings (SSSR count). The molecule has 1 aromatic rings. The first kappa shape index (κ1) is 15.5. The first-order valence-corrected chi connectivity index (χ1v) is 8.62. The molecule has 0 spiro atoms. The van der Waals surface area contributed by atoms with Crippen LogP contribution in [0.4, 0.5) is 0 Å². The van der Waals surface area contributed by atoms with Crippen molar-refractivity contribution in [3.63, 3.8) is 0 Å². The van der Waals surface area contributed by atoms with Crippen LogP contribution < -0.4 is 0 Å². The molecular weight excluding hydrogens is 274 g/mol. The number of rotatable bonds is 3. The molecule has 120 valence electrons. The van der Waals surface area contributed by atoms with Gasteiger partial charge < -0.3 is 10.0 Å². The minimum Gasteiger partial charge on any atom is -0.481 e. The monoisotopic (exact) mass is 301 g/mol. The van der Waals surface area contributed by atoms with Crippen molar-refractivity contribution in [1.29, 1.82) is 0 Å². The van der Waals surface area contributed by atoms with E-state index in [2.05, 4.69) is 11.9 Å². The van der Waals surface area contributed by atoms with E-state index in [1.54, 1.807) is 0 Å². The van der Waals surface area contributed by atoms with E-state index in [0.29, 0.717) is 5.92 Å². The van der Waals surface area contributed by atoms with Crippen LogP contribution in [0.1, 0.15) is 44.1 Å². The lowest BCUT2D eigenvalue weighted by Crippen LogP contribution is -2.51. The summed E-state index contributed by atoms with van der Waals surface area (Å²) >= 11 is 0. The number of benzene rings is 1. The van der Waals surface area contributed by atoms with Gasteiger partial charge in [0, 0.05) is 6.54 Å². The molecule has 1 aromatic carbocycles. The largest absolute Gasteiger partial charge is 0.481 e. The quantitative estimate of drug-likeness (QED) is 0.928. The van der Waals surface area contributed by atoms with Gasteiger partial charge in [0.05, 0.1) is 5.41 Å². The molecule has 3 unspecified atom stereocenters. The SMILES string of the molecule is CN1CCCC(C2CCCCC2(C(=O)O)c2ccccc2)C1. The zero-order chi connectivity index (χ0) is 15.6. The lowest BCUT2D eigenvalue weighted by molar-refractivity contribution is -0.149. The Morgan fingerprint density at radius 1 is 1.18 bits per heavy atom. The van der Waals surface area contributed by atoms with E-state index in [1.807, 2.05) is 30.3 Å². The Kier molecular flexibility index (Phi) is 4.53. The summed E-state index contributed by atoms with van der Waals surface area (Å²) in [7, 11) is 2.17. The lowest BCUT2D eigenvalue weighted by Gasteiger charge is -2.47. The third-order valence-electron chi connectivity index (χ3n) is 5.87. The van der Waals surface area contributed by atoms with E-state index in [9.17, 15) is 9.90 Å². The van der Waals surface area contributed by atoms with Gasteiger partial charge in [0.25, 0.3) is 0 Å². The van der Waals surface area contributed by atoms with Crippen molar-refractivity contribution in [2.75, 3.05) is 20.1 Å². The van der Waals surface area contributed by atoms with Crippen molar-refractivity contribution in [3.05, 3.63) is 35.9 Å². The van der Waals surface area contributed by atoms with E-state index in [4.69, 9.17) is 0 Å². The van der Waals surface area contributed by atoms with E-state index in [0.717, 1.165) is 37.9 Å². The van der Waals surface area contributed by atoms with Gasteiger partial charge in [-0.2, -0.15) is 0 Å². The van der Waals surface area contributed by atoms with Crippen LogP contribution in [0.3, 0.4) is 0 Å². The molecule has 2 fully saturated rings. The molecule has 0 aromatic heterocycles. The highest BCUT2D eigenvalue weighted by molar-refractivity contribution is 5.82. The molecule has 1 N–H and O–H groups in total. The van der Waals surface area contributed by atoms with Gasteiger partial charge in [-0.1, -0.05) is 43.2 Å². The Bertz CT molecular complexity index is 515. The molecule has 0 amide bonds. The second-order valence-electron chi connectivity index (χ2n) is 7.16. The molecule has 1 saturated heterocycles. The third-order valence-corrected chi connectivity index (χ3v) is 5.87. The highest BCUT2D eigenvalue weighted by atomic mass is 16.4. The smallest absolute Gasteiger partial charge is 0.314 e. The maximum atomic E-state index is 12.4. The summed E-state index contributed by atoms with van der Waals surface area (Å²) in [5.74, 6) is 0.163. The Hall–Kier alpha value is -1.35. The highest BCUT2D eigenvalue weighted by Gasteiger charge is 2.51. The summed E-state index contributed by atoms with van der Waals surface area (Å²) in [6.07, 6.45) is 6.42. The zero-order valence-electron chi connectivity index (χ0n) is 13.5. The fraction of sp³-hybridized carbons (Fsp3) is 0.632. The van der Waals surface area contributed by atoms with Crippen LogP contribution in [-0.2, 0) is 10.2 Å². The molecule has 3 nitrogen and oxygen atoms in total. The van der Waals surface area contributed by atoms with E-state index in [-0.39, 0.29) is 5.92 Å². The highest BCUT2D eigenvalue weighted by Crippen LogP contribution is 2.49. The molecule has 1 saturated carbocycles. The molecule has 2 aliphatic rings. The number of carboxylic acids is 1. The number of hydrogen-bond donors (Lipinski definition) is 1. The van der Waals surface area contributed by atoms with Crippen LogP contribution in [-0.4, -0.2) is 36.1 Å². The summed E-state index contributed by atoms with van der Waals surface area (Å²) in [6, 6.07) is 10.0. The Labute approximate surface area is 133 Å². The summed E-state index contributed by atoms with van der Waals surface area (Å²) in [4.78, 5) is 14.8. The van der Waals surface area contributed by atoms with Gasteiger partial charge in [-0.15, -0.1) is 0 Å². The van der Waals surface area contributed by atoms with Crippen LogP contribution >= 0.6 is 0 Å². The van der Waals surface area contributed by atoms with Crippen molar-refractivity contribution >= 4 is 5.97 Å². The molecule has 0 bridgehead atoms. The van der Waals surface area contributed by atoms with Crippen molar-refractivity contribution in [2.45, 2.75) is 43.9 Å². The summed E-state index contributed by atoms with van der Waals surface area (Å²) in [5, 5.41) is 10.2. The van der Waals surface area contributed by atoms with Crippen LogP contribution in [0.5, 0.6) is 0 Å². The fourth-order valence-electron chi connectivity index (χ4n) is 4.86. The van der Waals surface area contributed by atoms with Gasteiger partial charge in [0.2, 0.25) is 0 Å². The van der Waals surface area contributed by atoms with Crippen molar-refractivity contribution in [3.8, 4) is 0 Å². The first-order valence-electron chi connectivity index (χ1n) is 8.62. The summed E-state index contributed by atoms with van der Waals surface area (Å²) in [5.41, 5.74) is 0.336. The predicted molar refractivity (Wildman–Crippen MR) is 87.9 cm³/mol. The molecule has 3 atom stereocenters. The molecule has 0 radical (unpaired) electrons. The molecule has 3 heteroatoms. The van der Waals surface area contributed by atoms with Gasteiger partial charge >= 0.3 is 5.97 Å². The maximum Gasteiger partial charge on any atom is 0.314 e. The number of nitrogens with zero attached hydrogens (tertiary/aromatic N) is 1.